The molecule has 4 heterocycles. The first kappa shape index (κ1) is 24.7. The smallest absolute Gasteiger partial charge is 0.409 e. The van der Waals surface area contributed by atoms with Crippen molar-refractivity contribution in [1.29, 1.82) is 0 Å². The molecular formula is C28H31N5O4. The normalized spacial score (nSPS) is 17.8. The molecular weight excluding hydrogens is 470 g/mol. The molecule has 1 saturated heterocycles. The molecule has 1 aromatic carbocycles. The minimum absolute atomic E-state index is 0.0217. The number of aromatic nitrogens is 3. The first-order valence-corrected chi connectivity index (χ1v) is 12.8. The maximum absolute atomic E-state index is 13.4. The van der Waals surface area contributed by atoms with Crippen LogP contribution in [0.15, 0.2) is 65.7 Å². The lowest BCUT2D eigenvalue weighted by Crippen LogP contribution is -2.53. The summed E-state index contributed by atoms with van der Waals surface area (Å²) < 4.78 is 6.85. The second-order valence-electron chi connectivity index (χ2n) is 9.46. The van der Waals surface area contributed by atoms with Crippen molar-refractivity contribution in [1.82, 2.24) is 19.4 Å². The van der Waals surface area contributed by atoms with Crippen LogP contribution in [-0.2, 0) is 11.3 Å². The molecule has 0 N–H and O–H groups in total. The number of amides is 1. The second-order valence-corrected chi connectivity index (χ2v) is 9.46. The van der Waals surface area contributed by atoms with Gasteiger partial charge in [-0.05, 0) is 44.2 Å². The summed E-state index contributed by atoms with van der Waals surface area (Å²) in [4.78, 5) is 51.5. The Kier molecular flexibility index (Phi) is 7.30. The molecule has 2 aliphatic heterocycles. The zero-order valence-corrected chi connectivity index (χ0v) is 21.0. The molecule has 2 aromatic heterocycles. The Labute approximate surface area is 215 Å². The van der Waals surface area contributed by atoms with E-state index in [0.29, 0.717) is 43.4 Å². The molecule has 0 spiro atoms. The maximum atomic E-state index is 13.4. The standard InChI is InChI=1S/C28H31N5O4/c1-2-37-28(36)31-15-10-21(11-16-31)24-12-17-32-26(35)18-23(20-8-13-29-14-9-20)30-27(32)33(24)19-25(34)22-6-4-3-5-7-22/h3-9,13-14,18,21,24H,2,10-12,15-17,19H2,1H3. The molecule has 1 atom stereocenters. The van der Waals surface area contributed by atoms with Gasteiger partial charge < -0.3 is 14.5 Å². The number of fused-ring (bicyclic) bond motifs is 1. The highest BCUT2D eigenvalue weighted by Crippen LogP contribution is 2.33. The number of Topliss-reactive ketones (excluding diaryl/α,β-unsaturated/α-hetero) is 1. The molecule has 1 unspecified atom stereocenters. The Bertz CT molecular complexity index is 1300. The number of hydrogen-bond donors (Lipinski definition) is 0. The van der Waals surface area contributed by atoms with Gasteiger partial charge in [0.1, 0.15) is 0 Å². The van der Waals surface area contributed by atoms with E-state index in [1.54, 1.807) is 34.9 Å². The Balaban J connectivity index is 1.48. The number of hydrogen-bond acceptors (Lipinski definition) is 7. The molecule has 1 amide bonds. The number of likely N-dealkylation sites (tertiary alicyclic amines) is 1. The van der Waals surface area contributed by atoms with Crippen molar-refractivity contribution in [2.75, 3.05) is 31.1 Å². The van der Waals surface area contributed by atoms with Crippen LogP contribution in [0.1, 0.15) is 36.5 Å². The van der Waals surface area contributed by atoms with Crippen LogP contribution in [0.5, 0.6) is 0 Å². The molecule has 1 fully saturated rings. The zero-order chi connectivity index (χ0) is 25.8. The summed E-state index contributed by atoms with van der Waals surface area (Å²) in [7, 11) is 0. The average molecular weight is 502 g/mol. The van der Waals surface area contributed by atoms with Crippen molar-refractivity contribution in [3.63, 3.8) is 0 Å². The van der Waals surface area contributed by atoms with E-state index in [2.05, 4.69) is 4.98 Å². The van der Waals surface area contributed by atoms with Crippen molar-refractivity contribution in [2.45, 2.75) is 38.8 Å². The summed E-state index contributed by atoms with van der Waals surface area (Å²) in [6.45, 7) is 4.04. The fraction of sp³-hybridized carbons (Fsp3) is 0.393. The summed E-state index contributed by atoms with van der Waals surface area (Å²) in [5.74, 6) is 0.753. The highest BCUT2D eigenvalue weighted by Gasteiger charge is 2.37. The highest BCUT2D eigenvalue weighted by molar-refractivity contribution is 5.99. The molecule has 9 nitrogen and oxygen atoms in total. The van der Waals surface area contributed by atoms with Gasteiger partial charge in [0.05, 0.1) is 18.8 Å². The minimum Gasteiger partial charge on any atom is -0.450 e. The molecule has 0 aliphatic carbocycles. The van der Waals surface area contributed by atoms with Gasteiger partial charge in [0.25, 0.3) is 5.56 Å². The molecule has 9 heteroatoms. The Hall–Kier alpha value is -4.01. The van der Waals surface area contributed by atoms with E-state index in [-0.39, 0.29) is 35.9 Å². The Morgan fingerprint density at radius 3 is 2.43 bits per heavy atom. The first-order valence-electron chi connectivity index (χ1n) is 12.8. The lowest BCUT2D eigenvalue weighted by atomic mass is 9.85. The summed E-state index contributed by atoms with van der Waals surface area (Å²) in [5.41, 5.74) is 1.86. The number of carbonyl (C=O) groups excluding carboxylic acids is 2. The number of pyridine rings is 1. The number of ether oxygens (including phenoxy) is 1. The van der Waals surface area contributed by atoms with E-state index in [1.807, 2.05) is 47.4 Å². The molecule has 37 heavy (non-hydrogen) atoms. The lowest BCUT2D eigenvalue weighted by molar-refractivity contribution is 0.0865. The summed E-state index contributed by atoms with van der Waals surface area (Å²) >= 11 is 0. The predicted octanol–water partition coefficient (Wildman–Crippen LogP) is 3.64. The molecule has 2 aliphatic rings. The van der Waals surface area contributed by atoms with E-state index in [1.165, 1.54) is 0 Å². The van der Waals surface area contributed by atoms with Gasteiger partial charge in [-0.2, -0.15) is 0 Å². The van der Waals surface area contributed by atoms with Crippen molar-refractivity contribution in [3.8, 4) is 11.3 Å². The SMILES string of the molecule is CCOC(=O)N1CCC(C2CCn3c(nc(-c4ccncc4)cc3=O)N2CC(=O)c2ccccc2)CC1. The van der Waals surface area contributed by atoms with E-state index < -0.39 is 0 Å². The number of nitrogens with zero attached hydrogens (tertiary/aromatic N) is 5. The number of piperidine rings is 1. The van der Waals surface area contributed by atoms with Crippen LogP contribution in [0.25, 0.3) is 11.3 Å². The van der Waals surface area contributed by atoms with Crippen LogP contribution in [0.4, 0.5) is 10.7 Å². The number of carbonyl (C=O) groups is 2. The molecule has 0 saturated carbocycles. The minimum atomic E-state index is -0.277. The van der Waals surface area contributed by atoms with E-state index in [0.717, 1.165) is 24.8 Å². The number of anilines is 1. The van der Waals surface area contributed by atoms with Gasteiger partial charge in [-0.25, -0.2) is 9.78 Å². The van der Waals surface area contributed by atoms with E-state index in [9.17, 15) is 14.4 Å². The van der Waals surface area contributed by atoms with Crippen molar-refractivity contribution < 1.29 is 14.3 Å². The highest BCUT2D eigenvalue weighted by atomic mass is 16.6. The molecule has 192 valence electrons. The monoisotopic (exact) mass is 501 g/mol. The van der Waals surface area contributed by atoms with Crippen molar-refractivity contribution in [2.24, 2.45) is 5.92 Å². The molecule has 5 rings (SSSR count). The quantitative estimate of drug-likeness (QED) is 0.476. The van der Waals surface area contributed by atoms with Crippen LogP contribution in [-0.4, -0.2) is 63.6 Å². The van der Waals surface area contributed by atoms with Gasteiger partial charge in [0.2, 0.25) is 5.95 Å². The van der Waals surface area contributed by atoms with Crippen LogP contribution < -0.4 is 10.5 Å². The van der Waals surface area contributed by atoms with Crippen LogP contribution in [0, 0.1) is 5.92 Å². The third-order valence-corrected chi connectivity index (χ3v) is 7.29. The Morgan fingerprint density at radius 2 is 1.73 bits per heavy atom. The fourth-order valence-corrected chi connectivity index (χ4v) is 5.39. The number of ketones is 1. The first-order chi connectivity index (χ1) is 18.0. The summed E-state index contributed by atoms with van der Waals surface area (Å²) in [6, 6.07) is 14.4. The Morgan fingerprint density at radius 1 is 1.00 bits per heavy atom. The van der Waals surface area contributed by atoms with Gasteiger partial charge >= 0.3 is 6.09 Å². The summed E-state index contributed by atoms with van der Waals surface area (Å²) in [6.07, 6.45) is 5.40. The second kappa shape index (κ2) is 10.9. The zero-order valence-electron chi connectivity index (χ0n) is 21.0. The van der Waals surface area contributed by atoms with Crippen molar-refractivity contribution in [3.05, 3.63) is 76.8 Å². The molecule has 3 aromatic rings. The van der Waals surface area contributed by atoms with Gasteiger partial charge in [-0.15, -0.1) is 0 Å². The van der Waals surface area contributed by atoms with Gasteiger partial charge in [-0.1, -0.05) is 30.3 Å². The third kappa shape index (κ3) is 5.26. The lowest BCUT2D eigenvalue weighted by Gasteiger charge is -2.44. The van der Waals surface area contributed by atoms with Crippen LogP contribution in [0.3, 0.4) is 0 Å². The van der Waals surface area contributed by atoms with E-state index >= 15 is 0 Å². The fourth-order valence-electron chi connectivity index (χ4n) is 5.39. The van der Waals surface area contributed by atoms with Crippen molar-refractivity contribution >= 4 is 17.8 Å². The van der Waals surface area contributed by atoms with Gasteiger partial charge in [-0.3, -0.25) is 19.1 Å². The average Bonchev–Trinajstić information content (AvgIpc) is 2.94. The van der Waals surface area contributed by atoms with E-state index in [4.69, 9.17) is 9.72 Å². The third-order valence-electron chi connectivity index (χ3n) is 7.29. The largest absolute Gasteiger partial charge is 0.450 e. The molecule has 0 bridgehead atoms. The molecule has 0 radical (unpaired) electrons. The number of rotatable bonds is 6. The van der Waals surface area contributed by atoms with Crippen LogP contribution >= 0.6 is 0 Å². The number of benzene rings is 1. The van der Waals surface area contributed by atoms with Gasteiger partial charge in [0.15, 0.2) is 5.78 Å². The topological polar surface area (TPSA) is 97.6 Å². The van der Waals surface area contributed by atoms with Gasteiger partial charge in [0, 0.05) is 55.3 Å². The van der Waals surface area contributed by atoms with Crippen LogP contribution in [0.2, 0.25) is 0 Å². The maximum Gasteiger partial charge on any atom is 0.409 e. The predicted molar refractivity (Wildman–Crippen MR) is 140 cm³/mol. The summed E-state index contributed by atoms with van der Waals surface area (Å²) in [5, 5.41) is 0.